The molecule has 7 heteroatoms. The average molecular weight is 377 g/mol. The highest BCUT2D eigenvalue weighted by Crippen LogP contribution is 2.29. The molecular formula is C21H19N3O4. The number of nitrogens with zero attached hydrogens (tertiary/aromatic N) is 2. The van der Waals surface area contributed by atoms with Crippen LogP contribution < -0.4 is 19.5 Å². The summed E-state index contributed by atoms with van der Waals surface area (Å²) in [6.45, 7) is 0. The van der Waals surface area contributed by atoms with E-state index in [1.165, 1.54) is 0 Å². The Bertz CT molecular complexity index is 1020. The number of benzene rings is 2. The highest BCUT2D eigenvalue weighted by molar-refractivity contribution is 5.69. The molecule has 3 rings (SSSR count). The Balaban J connectivity index is 1.80. The lowest BCUT2D eigenvalue weighted by Gasteiger charge is -2.07. The van der Waals surface area contributed by atoms with Crippen LogP contribution in [0, 0.1) is 11.3 Å². The third-order valence-corrected chi connectivity index (χ3v) is 3.92. The van der Waals surface area contributed by atoms with Gasteiger partial charge in [0.1, 0.15) is 11.8 Å². The SMILES string of the molecule is COc1ccc(Nc2oc(/C=C/c3ccc(OC)c(OC)c3)nc2C#N)cc1. The Morgan fingerprint density at radius 2 is 1.71 bits per heavy atom. The van der Waals surface area contributed by atoms with E-state index in [0.29, 0.717) is 17.4 Å². The number of nitriles is 1. The van der Waals surface area contributed by atoms with E-state index in [9.17, 15) is 5.26 Å². The van der Waals surface area contributed by atoms with Gasteiger partial charge in [-0.25, -0.2) is 0 Å². The van der Waals surface area contributed by atoms with Crippen molar-refractivity contribution < 1.29 is 18.6 Å². The first-order valence-electron chi connectivity index (χ1n) is 8.39. The number of rotatable bonds is 7. The van der Waals surface area contributed by atoms with Gasteiger partial charge in [-0.15, -0.1) is 0 Å². The molecule has 2 aromatic carbocycles. The Labute approximate surface area is 162 Å². The van der Waals surface area contributed by atoms with Crippen molar-refractivity contribution in [2.75, 3.05) is 26.6 Å². The van der Waals surface area contributed by atoms with Crippen molar-refractivity contribution in [1.29, 1.82) is 5.26 Å². The molecule has 0 amide bonds. The van der Waals surface area contributed by atoms with E-state index >= 15 is 0 Å². The Morgan fingerprint density at radius 1 is 0.964 bits per heavy atom. The molecule has 0 bridgehead atoms. The maximum Gasteiger partial charge on any atom is 0.236 e. The van der Waals surface area contributed by atoms with Crippen LogP contribution in [0.4, 0.5) is 11.6 Å². The summed E-state index contributed by atoms with van der Waals surface area (Å²) in [5.74, 6) is 2.59. The Kier molecular flexibility index (Phi) is 5.82. The first kappa shape index (κ1) is 18.9. The predicted octanol–water partition coefficient (Wildman–Crippen LogP) is 4.49. The molecular weight excluding hydrogens is 358 g/mol. The van der Waals surface area contributed by atoms with Gasteiger partial charge < -0.3 is 23.9 Å². The number of aromatic nitrogens is 1. The number of ether oxygens (including phenoxy) is 3. The summed E-state index contributed by atoms with van der Waals surface area (Å²) in [4.78, 5) is 4.19. The number of hydrogen-bond acceptors (Lipinski definition) is 7. The van der Waals surface area contributed by atoms with Gasteiger partial charge in [0.2, 0.25) is 17.5 Å². The fourth-order valence-electron chi connectivity index (χ4n) is 2.50. The van der Waals surface area contributed by atoms with E-state index in [1.54, 1.807) is 27.4 Å². The van der Waals surface area contributed by atoms with E-state index in [0.717, 1.165) is 17.0 Å². The van der Waals surface area contributed by atoms with Crippen molar-refractivity contribution in [2.45, 2.75) is 0 Å². The number of anilines is 2. The average Bonchev–Trinajstić information content (AvgIpc) is 3.14. The minimum atomic E-state index is 0.169. The molecule has 0 aliphatic carbocycles. The molecule has 1 aromatic heterocycles. The normalized spacial score (nSPS) is 10.5. The second-order valence-electron chi connectivity index (χ2n) is 5.64. The summed E-state index contributed by atoms with van der Waals surface area (Å²) >= 11 is 0. The number of hydrogen-bond donors (Lipinski definition) is 1. The van der Waals surface area contributed by atoms with Crippen LogP contribution in [0.25, 0.3) is 12.2 Å². The molecule has 1 N–H and O–H groups in total. The van der Waals surface area contributed by atoms with E-state index in [-0.39, 0.29) is 11.6 Å². The van der Waals surface area contributed by atoms with E-state index < -0.39 is 0 Å². The van der Waals surface area contributed by atoms with Crippen LogP contribution in [0.2, 0.25) is 0 Å². The minimum Gasteiger partial charge on any atom is -0.497 e. The first-order chi connectivity index (χ1) is 13.7. The van der Waals surface area contributed by atoms with Crippen molar-refractivity contribution in [3.63, 3.8) is 0 Å². The van der Waals surface area contributed by atoms with Crippen molar-refractivity contribution >= 4 is 23.7 Å². The summed E-state index contributed by atoms with van der Waals surface area (Å²) < 4.78 is 21.3. The molecule has 0 saturated heterocycles. The molecule has 0 radical (unpaired) electrons. The molecule has 28 heavy (non-hydrogen) atoms. The largest absolute Gasteiger partial charge is 0.497 e. The van der Waals surface area contributed by atoms with Crippen LogP contribution in [-0.4, -0.2) is 26.3 Å². The summed E-state index contributed by atoms with van der Waals surface area (Å²) in [6.07, 6.45) is 3.49. The molecule has 0 unspecified atom stereocenters. The maximum atomic E-state index is 9.32. The van der Waals surface area contributed by atoms with Gasteiger partial charge in [-0.05, 0) is 48.0 Å². The molecule has 1 heterocycles. The lowest BCUT2D eigenvalue weighted by Crippen LogP contribution is -1.91. The third-order valence-electron chi connectivity index (χ3n) is 3.92. The maximum absolute atomic E-state index is 9.32. The predicted molar refractivity (Wildman–Crippen MR) is 106 cm³/mol. The van der Waals surface area contributed by atoms with Gasteiger partial charge in [-0.1, -0.05) is 6.07 Å². The lowest BCUT2D eigenvalue weighted by molar-refractivity contribution is 0.355. The van der Waals surface area contributed by atoms with Crippen molar-refractivity contribution in [3.8, 4) is 23.3 Å². The Morgan fingerprint density at radius 3 is 2.36 bits per heavy atom. The van der Waals surface area contributed by atoms with Crippen LogP contribution in [0.3, 0.4) is 0 Å². The Hall–Kier alpha value is -3.92. The zero-order chi connectivity index (χ0) is 19.9. The van der Waals surface area contributed by atoms with Crippen molar-refractivity contribution in [2.24, 2.45) is 0 Å². The molecule has 3 aromatic rings. The van der Waals surface area contributed by atoms with Crippen LogP contribution in [-0.2, 0) is 0 Å². The molecule has 7 nitrogen and oxygen atoms in total. The van der Waals surface area contributed by atoms with Gasteiger partial charge in [0, 0.05) is 11.8 Å². The van der Waals surface area contributed by atoms with Gasteiger partial charge >= 0.3 is 0 Å². The first-order valence-corrected chi connectivity index (χ1v) is 8.39. The van der Waals surface area contributed by atoms with Crippen molar-refractivity contribution in [3.05, 3.63) is 59.6 Å². The molecule has 0 spiro atoms. The van der Waals surface area contributed by atoms with Gasteiger partial charge in [-0.2, -0.15) is 10.2 Å². The van der Waals surface area contributed by atoms with Gasteiger partial charge in [-0.3, -0.25) is 0 Å². The fraction of sp³-hybridized carbons (Fsp3) is 0.143. The van der Waals surface area contributed by atoms with Crippen LogP contribution in [0.1, 0.15) is 17.1 Å². The van der Waals surface area contributed by atoms with Crippen molar-refractivity contribution in [1.82, 2.24) is 4.98 Å². The summed E-state index contributed by atoms with van der Waals surface area (Å²) in [6, 6.07) is 14.8. The minimum absolute atomic E-state index is 0.169. The van der Waals surface area contributed by atoms with Gasteiger partial charge in [0.15, 0.2) is 11.5 Å². The number of methoxy groups -OCH3 is 3. The summed E-state index contributed by atoms with van der Waals surface area (Å²) in [7, 11) is 4.76. The topological polar surface area (TPSA) is 89.5 Å². The quantitative estimate of drug-likeness (QED) is 0.649. The molecule has 0 aliphatic heterocycles. The summed E-state index contributed by atoms with van der Waals surface area (Å²) in [5.41, 5.74) is 1.80. The smallest absolute Gasteiger partial charge is 0.236 e. The van der Waals surface area contributed by atoms with Crippen LogP contribution in [0.5, 0.6) is 17.2 Å². The van der Waals surface area contributed by atoms with Crippen LogP contribution in [0.15, 0.2) is 46.9 Å². The summed E-state index contributed by atoms with van der Waals surface area (Å²) in [5, 5.41) is 12.4. The zero-order valence-electron chi connectivity index (χ0n) is 15.7. The van der Waals surface area contributed by atoms with Crippen LogP contribution >= 0.6 is 0 Å². The van der Waals surface area contributed by atoms with E-state index in [4.69, 9.17) is 18.6 Å². The van der Waals surface area contributed by atoms with E-state index in [1.807, 2.05) is 54.6 Å². The molecule has 142 valence electrons. The third kappa shape index (κ3) is 4.24. The number of oxazole rings is 1. The second kappa shape index (κ2) is 8.64. The van der Waals surface area contributed by atoms with Gasteiger partial charge in [0.25, 0.3) is 0 Å². The number of nitrogens with one attached hydrogen (secondary N) is 1. The zero-order valence-corrected chi connectivity index (χ0v) is 15.7. The second-order valence-corrected chi connectivity index (χ2v) is 5.64. The monoisotopic (exact) mass is 377 g/mol. The van der Waals surface area contributed by atoms with E-state index in [2.05, 4.69) is 10.3 Å². The molecule has 0 aliphatic rings. The molecule has 0 atom stereocenters. The highest BCUT2D eigenvalue weighted by Gasteiger charge is 2.12. The fourth-order valence-corrected chi connectivity index (χ4v) is 2.50. The highest BCUT2D eigenvalue weighted by atomic mass is 16.5. The van der Waals surface area contributed by atoms with Gasteiger partial charge in [0.05, 0.1) is 21.3 Å². The molecule has 0 fully saturated rings. The molecule has 0 saturated carbocycles. The standard InChI is InChI=1S/C21H19N3O4/c1-25-16-8-6-15(7-9-16)23-21-17(13-22)24-20(28-21)11-5-14-4-10-18(26-2)19(12-14)27-3/h4-12,23H,1-3H3/b11-5+. The lowest BCUT2D eigenvalue weighted by atomic mass is 10.2.